The summed E-state index contributed by atoms with van der Waals surface area (Å²) in [4.78, 5) is 16.9. The molecule has 7 heteroatoms. The van der Waals surface area contributed by atoms with E-state index < -0.39 is 5.97 Å². The van der Waals surface area contributed by atoms with Gasteiger partial charge in [0.25, 0.3) is 0 Å². The zero-order valence-corrected chi connectivity index (χ0v) is 24.7. The van der Waals surface area contributed by atoms with Crippen molar-refractivity contribution >= 4 is 34.2 Å². The molecule has 0 amide bonds. The number of rotatable bonds is 6. The van der Waals surface area contributed by atoms with E-state index in [1.165, 1.54) is 63.4 Å². The average Bonchev–Trinajstić information content (AvgIpc) is 3.55. The molecule has 5 nitrogen and oxygen atoms in total. The van der Waals surface area contributed by atoms with Crippen LogP contribution in [0.15, 0.2) is 60.8 Å². The van der Waals surface area contributed by atoms with Gasteiger partial charge in [-0.2, -0.15) is 0 Å². The van der Waals surface area contributed by atoms with Crippen molar-refractivity contribution in [2.45, 2.75) is 69.7 Å². The average molecular weight is 538 g/mol. The summed E-state index contributed by atoms with van der Waals surface area (Å²) >= 11 is 6.70. The summed E-state index contributed by atoms with van der Waals surface area (Å²) in [5, 5.41) is 14.5. The van der Waals surface area contributed by atoms with Crippen molar-refractivity contribution in [1.29, 1.82) is 0 Å². The minimum absolute atomic E-state index is 0. The van der Waals surface area contributed by atoms with Gasteiger partial charge in [0.1, 0.15) is 5.82 Å². The number of anilines is 1. The third-order valence-electron chi connectivity index (χ3n) is 8.13. The van der Waals surface area contributed by atoms with E-state index in [0.29, 0.717) is 23.2 Å². The number of halogens is 1. The number of aromatic carboxylic acids is 1. The molecule has 0 unspecified atom stereocenters. The van der Waals surface area contributed by atoms with E-state index >= 15 is 0 Å². The van der Waals surface area contributed by atoms with Crippen LogP contribution in [0.25, 0.3) is 27.8 Å². The van der Waals surface area contributed by atoms with Crippen molar-refractivity contribution in [2.75, 3.05) is 5.32 Å². The summed E-state index contributed by atoms with van der Waals surface area (Å²) in [5.41, 5.74) is 5.25. The smallest absolute Gasteiger partial charge is 1.00 e. The molecule has 2 aliphatic rings. The van der Waals surface area contributed by atoms with Crippen LogP contribution in [0, 0.1) is 0 Å². The van der Waals surface area contributed by atoms with Crippen LogP contribution in [0.1, 0.15) is 81.2 Å². The molecule has 2 fully saturated rings. The Bertz CT molecular complexity index is 1430. The predicted octanol–water partition coefficient (Wildman–Crippen LogP) is 5.56. The van der Waals surface area contributed by atoms with Crippen LogP contribution in [-0.2, 0) is 0 Å². The molecule has 2 aliphatic carbocycles. The Kier molecular flexibility index (Phi) is 8.49. The maximum Gasteiger partial charge on any atom is 1.00 e. The van der Waals surface area contributed by atoms with Crippen LogP contribution >= 0.6 is 11.6 Å². The first-order chi connectivity index (χ1) is 18.1. The minimum Gasteiger partial charge on any atom is -1.00 e. The number of aromatic nitrogens is 2. The van der Waals surface area contributed by atoms with Crippen molar-refractivity contribution in [3.05, 3.63) is 77.1 Å². The van der Waals surface area contributed by atoms with E-state index in [4.69, 9.17) is 11.6 Å². The van der Waals surface area contributed by atoms with E-state index in [0.717, 1.165) is 22.3 Å². The first kappa shape index (κ1) is 27.3. The summed E-state index contributed by atoms with van der Waals surface area (Å²) < 4.78 is 1.65. The van der Waals surface area contributed by atoms with Crippen LogP contribution in [0.4, 0.5) is 5.69 Å². The van der Waals surface area contributed by atoms with Crippen molar-refractivity contribution in [2.24, 2.45) is 0 Å². The van der Waals surface area contributed by atoms with Crippen LogP contribution in [0.3, 0.4) is 0 Å². The third kappa shape index (κ3) is 5.40. The Morgan fingerprint density at radius 2 is 1.61 bits per heavy atom. The molecule has 0 radical (unpaired) electrons. The molecular weight excluding hydrogens is 505 g/mol. The number of carboxylic acid groups (broad SMARTS) is 1. The molecule has 0 atom stereocenters. The van der Waals surface area contributed by atoms with Crippen molar-refractivity contribution in [3.8, 4) is 16.9 Å². The molecule has 192 valence electrons. The number of nitrogens with zero attached hydrogens (tertiary/aromatic N) is 2. The second-order valence-electron chi connectivity index (χ2n) is 10.5. The Hall–Kier alpha value is -2.31. The number of carboxylic acids is 1. The van der Waals surface area contributed by atoms with Crippen molar-refractivity contribution in [3.63, 3.8) is 0 Å². The molecule has 0 bridgehead atoms. The van der Waals surface area contributed by atoms with Crippen molar-refractivity contribution < 1.29 is 40.9 Å². The number of carbonyl (C=O) groups is 1. The molecule has 2 aromatic carbocycles. The van der Waals surface area contributed by atoms with Gasteiger partial charge in [0.05, 0.1) is 22.4 Å². The molecule has 0 aliphatic heterocycles. The van der Waals surface area contributed by atoms with E-state index in [-0.39, 0.29) is 41.7 Å². The zero-order valence-electron chi connectivity index (χ0n) is 22.9. The van der Waals surface area contributed by atoms with E-state index in [2.05, 4.69) is 34.6 Å². The third-order valence-corrected chi connectivity index (χ3v) is 8.51. The van der Waals surface area contributed by atoms with Crippen LogP contribution < -0.4 is 34.9 Å². The molecule has 2 aromatic heterocycles. The standard InChI is InChI=1S/C31H32ClN3O2.Na.H/c32-29-26-18-23(22-12-10-21(11-13-22)20-6-2-1-3-7-20)14-16-27(26)35(30(29)31(36)37)28-17-15-25(19-33-28)34-24-8-4-5-9-24;;/h10-20,24,34H,1-9H2,(H,36,37);;/q;+1;-1. The summed E-state index contributed by atoms with van der Waals surface area (Å²) in [5.74, 6) is 0.129. The molecule has 4 aromatic rings. The first-order valence-corrected chi connectivity index (χ1v) is 13.9. The number of hydrogen-bond donors (Lipinski definition) is 2. The SMILES string of the molecule is O=C(O)c1c(Cl)c2cc(-c3ccc(C4CCCCC4)cc3)ccc2n1-c1ccc(NC2CCCC2)cn1.[H-].[Na+]. The minimum atomic E-state index is -1.07. The number of benzene rings is 2. The number of pyridine rings is 1. The van der Waals surface area contributed by atoms with Gasteiger partial charge in [-0.1, -0.05) is 74.0 Å². The normalized spacial score (nSPS) is 16.4. The number of nitrogens with one attached hydrogen (secondary N) is 1. The van der Waals surface area contributed by atoms with Gasteiger partial charge in [0.2, 0.25) is 0 Å². The zero-order chi connectivity index (χ0) is 25.4. The fourth-order valence-corrected chi connectivity index (χ4v) is 6.47. The molecular formula is C31H33ClN3NaO2. The van der Waals surface area contributed by atoms with E-state index in [9.17, 15) is 9.90 Å². The molecule has 6 rings (SSSR count). The molecule has 2 saturated carbocycles. The predicted molar refractivity (Wildman–Crippen MR) is 151 cm³/mol. The van der Waals surface area contributed by atoms with E-state index in [1.54, 1.807) is 10.8 Å². The van der Waals surface area contributed by atoms with E-state index in [1.807, 2.05) is 30.3 Å². The van der Waals surface area contributed by atoms with Crippen LogP contribution in [0.5, 0.6) is 0 Å². The summed E-state index contributed by atoms with van der Waals surface area (Å²) in [6.07, 6.45) is 13.2. The van der Waals surface area contributed by atoms with Gasteiger partial charge < -0.3 is 11.8 Å². The van der Waals surface area contributed by atoms with Gasteiger partial charge in [-0.05, 0) is 72.6 Å². The molecule has 2 heterocycles. The number of hydrogen-bond acceptors (Lipinski definition) is 3. The fraction of sp³-hybridized carbons (Fsp3) is 0.355. The topological polar surface area (TPSA) is 67.2 Å². The molecule has 38 heavy (non-hydrogen) atoms. The summed E-state index contributed by atoms with van der Waals surface area (Å²) in [6, 6.07) is 19.1. The molecule has 2 N–H and O–H groups in total. The molecule has 0 saturated heterocycles. The second kappa shape index (κ2) is 11.8. The first-order valence-electron chi connectivity index (χ1n) is 13.5. The molecule has 0 spiro atoms. The number of fused-ring (bicyclic) bond motifs is 1. The monoisotopic (exact) mass is 537 g/mol. The Balaban J connectivity index is 0.00000176. The van der Waals surface area contributed by atoms with Gasteiger partial charge in [-0.25, -0.2) is 9.78 Å². The quantitative estimate of drug-likeness (QED) is 0.316. The van der Waals surface area contributed by atoms with Crippen LogP contribution in [-0.4, -0.2) is 26.7 Å². The summed E-state index contributed by atoms with van der Waals surface area (Å²) in [6.45, 7) is 0. The van der Waals surface area contributed by atoms with Gasteiger partial charge in [-0.3, -0.25) is 4.57 Å². The second-order valence-corrected chi connectivity index (χ2v) is 10.9. The van der Waals surface area contributed by atoms with Gasteiger partial charge >= 0.3 is 35.5 Å². The maximum absolute atomic E-state index is 12.3. The summed E-state index contributed by atoms with van der Waals surface area (Å²) in [7, 11) is 0. The largest absolute Gasteiger partial charge is 1.00 e. The maximum atomic E-state index is 12.3. The Labute approximate surface area is 252 Å². The van der Waals surface area contributed by atoms with Crippen LogP contribution in [0.2, 0.25) is 5.02 Å². The Morgan fingerprint density at radius 1 is 0.921 bits per heavy atom. The van der Waals surface area contributed by atoms with Gasteiger partial charge in [0, 0.05) is 11.4 Å². The van der Waals surface area contributed by atoms with Gasteiger partial charge in [0.15, 0.2) is 5.69 Å². The Morgan fingerprint density at radius 3 is 2.26 bits per heavy atom. The fourth-order valence-electron chi connectivity index (χ4n) is 6.15. The van der Waals surface area contributed by atoms with Gasteiger partial charge in [-0.15, -0.1) is 0 Å². The van der Waals surface area contributed by atoms with Crippen molar-refractivity contribution in [1.82, 2.24) is 9.55 Å².